The van der Waals surface area contributed by atoms with Crippen molar-refractivity contribution < 1.29 is 8.42 Å². The Balaban J connectivity index is 1.82. The van der Waals surface area contributed by atoms with E-state index in [1.54, 1.807) is 10.9 Å². The first-order valence-corrected chi connectivity index (χ1v) is 8.41. The number of piperidine rings is 1. The van der Waals surface area contributed by atoms with Crippen molar-refractivity contribution in [2.75, 3.05) is 12.3 Å². The second-order valence-electron chi connectivity index (χ2n) is 5.18. The molecule has 1 aromatic heterocycles. The summed E-state index contributed by atoms with van der Waals surface area (Å²) in [5, 5.41) is 7.33. The van der Waals surface area contributed by atoms with Gasteiger partial charge in [0.1, 0.15) is 0 Å². The quantitative estimate of drug-likeness (QED) is 0.790. The summed E-state index contributed by atoms with van der Waals surface area (Å²) in [6.07, 6.45) is 6.70. The summed E-state index contributed by atoms with van der Waals surface area (Å²) in [6, 6.07) is 1.75. The number of aromatic nitrogens is 2. The maximum atomic E-state index is 12.1. The standard InChI is InChI=1S/C12H22N4O2S/c1-11(9-16-8-4-7-14-16)15-19(17,18)10-12-5-2-3-6-13-12/h4,7-8,11-13,15H,2-3,5-6,9-10H2,1H3. The van der Waals surface area contributed by atoms with Crippen LogP contribution in [0.15, 0.2) is 18.5 Å². The second-order valence-corrected chi connectivity index (χ2v) is 6.97. The first kappa shape index (κ1) is 14.5. The van der Waals surface area contributed by atoms with Gasteiger partial charge in [-0.05, 0) is 32.4 Å². The fourth-order valence-electron chi connectivity index (χ4n) is 2.41. The van der Waals surface area contributed by atoms with Crippen molar-refractivity contribution in [3.05, 3.63) is 18.5 Å². The first-order chi connectivity index (χ1) is 9.05. The van der Waals surface area contributed by atoms with Crippen molar-refractivity contribution in [3.63, 3.8) is 0 Å². The third-order valence-corrected chi connectivity index (χ3v) is 4.84. The van der Waals surface area contributed by atoms with Gasteiger partial charge in [0.15, 0.2) is 0 Å². The molecule has 1 aliphatic heterocycles. The Morgan fingerprint density at radius 1 is 1.53 bits per heavy atom. The highest BCUT2D eigenvalue weighted by molar-refractivity contribution is 7.89. The molecule has 2 rings (SSSR count). The highest BCUT2D eigenvalue weighted by Crippen LogP contribution is 2.09. The Bertz CT molecular complexity index is 466. The highest BCUT2D eigenvalue weighted by atomic mass is 32.2. The monoisotopic (exact) mass is 286 g/mol. The van der Waals surface area contributed by atoms with Crippen molar-refractivity contribution in [2.24, 2.45) is 0 Å². The molecule has 6 nitrogen and oxygen atoms in total. The lowest BCUT2D eigenvalue weighted by molar-refractivity contribution is 0.419. The van der Waals surface area contributed by atoms with Crippen LogP contribution in [0.25, 0.3) is 0 Å². The normalized spacial score (nSPS) is 22.3. The summed E-state index contributed by atoms with van der Waals surface area (Å²) >= 11 is 0. The highest BCUT2D eigenvalue weighted by Gasteiger charge is 2.22. The van der Waals surface area contributed by atoms with Gasteiger partial charge in [-0.15, -0.1) is 0 Å². The fraction of sp³-hybridized carbons (Fsp3) is 0.750. The van der Waals surface area contributed by atoms with Gasteiger partial charge in [0, 0.05) is 24.5 Å². The van der Waals surface area contributed by atoms with Crippen molar-refractivity contribution in [3.8, 4) is 0 Å². The molecule has 0 bridgehead atoms. The molecule has 19 heavy (non-hydrogen) atoms. The summed E-state index contributed by atoms with van der Waals surface area (Å²) in [4.78, 5) is 0. The molecule has 2 unspecified atom stereocenters. The lowest BCUT2D eigenvalue weighted by Gasteiger charge is -2.24. The number of hydrogen-bond donors (Lipinski definition) is 2. The minimum absolute atomic E-state index is 0.0863. The average molecular weight is 286 g/mol. The number of hydrogen-bond acceptors (Lipinski definition) is 4. The Hall–Kier alpha value is -0.920. The molecular weight excluding hydrogens is 264 g/mol. The van der Waals surface area contributed by atoms with Crippen LogP contribution in [-0.2, 0) is 16.6 Å². The Morgan fingerprint density at radius 3 is 3.00 bits per heavy atom. The van der Waals surface area contributed by atoms with Crippen LogP contribution in [0.2, 0.25) is 0 Å². The lowest BCUT2D eigenvalue weighted by atomic mass is 10.1. The van der Waals surface area contributed by atoms with E-state index >= 15 is 0 Å². The molecule has 0 spiro atoms. The minimum atomic E-state index is -3.24. The van der Waals surface area contributed by atoms with Gasteiger partial charge in [-0.3, -0.25) is 4.68 Å². The smallest absolute Gasteiger partial charge is 0.213 e. The van der Waals surface area contributed by atoms with Crippen LogP contribution in [0.3, 0.4) is 0 Å². The maximum absolute atomic E-state index is 12.1. The zero-order valence-electron chi connectivity index (χ0n) is 11.2. The molecule has 2 atom stereocenters. The third-order valence-electron chi connectivity index (χ3n) is 3.23. The van der Waals surface area contributed by atoms with Gasteiger partial charge in [0.25, 0.3) is 0 Å². The van der Waals surface area contributed by atoms with Crippen LogP contribution in [0, 0.1) is 0 Å². The summed E-state index contributed by atoms with van der Waals surface area (Å²) in [5.74, 6) is 0.163. The van der Waals surface area contributed by atoms with E-state index in [2.05, 4.69) is 15.1 Å². The van der Waals surface area contributed by atoms with Crippen LogP contribution in [0.5, 0.6) is 0 Å². The molecule has 0 aromatic carbocycles. The van der Waals surface area contributed by atoms with Gasteiger partial charge in [-0.2, -0.15) is 5.10 Å². The van der Waals surface area contributed by atoms with Crippen molar-refractivity contribution in [1.82, 2.24) is 19.8 Å². The number of rotatable bonds is 6. The van der Waals surface area contributed by atoms with Crippen molar-refractivity contribution in [1.29, 1.82) is 0 Å². The van der Waals surface area contributed by atoms with E-state index in [4.69, 9.17) is 0 Å². The van der Waals surface area contributed by atoms with E-state index in [1.807, 2.05) is 19.2 Å². The summed E-state index contributed by atoms with van der Waals surface area (Å²) < 4.78 is 28.6. The van der Waals surface area contributed by atoms with Crippen LogP contribution >= 0.6 is 0 Å². The summed E-state index contributed by atoms with van der Waals surface area (Å²) in [5.41, 5.74) is 0. The van der Waals surface area contributed by atoms with Gasteiger partial charge in [0.2, 0.25) is 10.0 Å². The lowest BCUT2D eigenvalue weighted by Crippen LogP contribution is -2.45. The molecule has 1 fully saturated rings. The average Bonchev–Trinajstić information content (AvgIpc) is 2.81. The number of nitrogens with zero attached hydrogens (tertiary/aromatic N) is 2. The molecule has 0 amide bonds. The Morgan fingerprint density at radius 2 is 2.37 bits per heavy atom. The predicted octanol–water partition coefficient (Wildman–Crippen LogP) is 0.333. The van der Waals surface area contributed by atoms with E-state index in [0.29, 0.717) is 6.54 Å². The molecule has 7 heteroatoms. The van der Waals surface area contributed by atoms with Crippen LogP contribution in [-0.4, -0.2) is 42.6 Å². The van der Waals surface area contributed by atoms with E-state index in [1.165, 1.54) is 0 Å². The van der Waals surface area contributed by atoms with Gasteiger partial charge in [-0.25, -0.2) is 13.1 Å². The summed E-state index contributed by atoms with van der Waals surface area (Å²) in [7, 11) is -3.24. The van der Waals surface area contributed by atoms with Gasteiger partial charge in [-0.1, -0.05) is 6.42 Å². The topological polar surface area (TPSA) is 76.0 Å². The van der Waals surface area contributed by atoms with E-state index < -0.39 is 10.0 Å². The van der Waals surface area contributed by atoms with Crippen LogP contribution in [0.4, 0.5) is 0 Å². The Kier molecular flexibility index (Phi) is 4.95. The molecule has 1 aromatic rings. The van der Waals surface area contributed by atoms with Crippen molar-refractivity contribution >= 4 is 10.0 Å². The van der Waals surface area contributed by atoms with E-state index in [-0.39, 0.29) is 17.8 Å². The van der Waals surface area contributed by atoms with Crippen LogP contribution < -0.4 is 10.0 Å². The second kappa shape index (κ2) is 6.49. The molecule has 108 valence electrons. The van der Waals surface area contributed by atoms with E-state index in [9.17, 15) is 8.42 Å². The largest absolute Gasteiger partial charge is 0.313 e. The van der Waals surface area contributed by atoms with Crippen LogP contribution in [0.1, 0.15) is 26.2 Å². The molecule has 2 heterocycles. The fourth-order valence-corrected chi connectivity index (χ4v) is 4.01. The molecule has 0 saturated carbocycles. The molecule has 2 N–H and O–H groups in total. The minimum Gasteiger partial charge on any atom is -0.313 e. The van der Waals surface area contributed by atoms with Gasteiger partial charge < -0.3 is 5.32 Å². The molecule has 0 aliphatic carbocycles. The molecule has 1 saturated heterocycles. The SMILES string of the molecule is CC(Cn1cccn1)NS(=O)(=O)CC1CCCCN1. The summed E-state index contributed by atoms with van der Waals surface area (Å²) in [6.45, 7) is 3.32. The molecule has 1 aliphatic rings. The Labute approximate surface area is 114 Å². The number of sulfonamides is 1. The molecule has 0 radical (unpaired) electrons. The predicted molar refractivity (Wildman–Crippen MR) is 74.3 cm³/mol. The molecular formula is C12H22N4O2S. The zero-order chi connectivity index (χ0) is 13.7. The van der Waals surface area contributed by atoms with Crippen molar-refractivity contribution in [2.45, 2.75) is 44.8 Å². The van der Waals surface area contributed by atoms with E-state index in [0.717, 1.165) is 25.8 Å². The van der Waals surface area contributed by atoms with Gasteiger partial charge >= 0.3 is 0 Å². The first-order valence-electron chi connectivity index (χ1n) is 6.76. The third kappa shape index (κ3) is 4.93. The van der Waals surface area contributed by atoms with Gasteiger partial charge in [0.05, 0.1) is 12.3 Å². The zero-order valence-corrected chi connectivity index (χ0v) is 12.1. The maximum Gasteiger partial charge on any atom is 0.213 e. The number of nitrogens with one attached hydrogen (secondary N) is 2.